The van der Waals surface area contributed by atoms with Crippen LogP contribution >= 0.6 is 28.1 Å². The normalized spacial score (nSPS) is 17.5. The molecule has 1 saturated carbocycles. The standard InChI is InChI=1S/C15H19BrN2OS/c1-15(7-3-2-4-8-15)14(19)18-12-6-5-10(13(17)20)9-11(12)16/h5-6,9H,2-4,7-8H2,1H3,(H2,17,20)(H,18,19). The Morgan fingerprint density at radius 1 is 1.35 bits per heavy atom. The van der Waals surface area contributed by atoms with Gasteiger partial charge in [0.15, 0.2) is 0 Å². The summed E-state index contributed by atoms with van der Waals surface area (Å²) in [6.07, 6.45) is 5.41. The summed E-state index contributed by atoms with van der Waals surface area (Å²) in [5.41, 5.74) is 6.90. The predicted octanol–water partition coefficient (Wildman–Crippen LogP) is 3.99. The molecule has 108 valence electrons. The van der Waals surface area contributed by atoms with E-state index in [4.69, 9.17) is 18.0 Å². The van der Waals surface area contributed by atoms with Crippen LogP contribution in [-0.4, -0.2) is 10.9 Å². The van der Waals surface area contributed by atoms with E-state index in [1.54, 1.807) is 0 Å². The fourth-order valence-electron chi connectivity index (χ4n) is 2.60. The summed E-state index contributed by atoms with van der Waals surface area (Å²) in [6.45, 7) is 2.05. The highest BCUT2D eigenvalue weighted by Crippen LogP contribution is 2.37. The van der Waals surface area contributed by atoms with E-state index in [1.807, 2.05) is 18.2 Å². The van der Waals surface area contributed by atoms with Crippen molar-refractivity contribution in [2.45, 2.75) is 39.0 Å². The largest absolute Gasteiger partial charge is 0.389 e. The summed E-state index contributed by atoms with van der Waals surface area (Å²) in [5, 5.41) is 3.02. The van der Waals surface area contributed by atoms with Gasteiger partial charge < -0.3 is 11.1 Å². The number of amides is 1. The second-order valence-electron chi connectivity index (χ2n) is 5.63. The van der Waals surface area contributed by atoms with Gasteiger partial charge in [0.25, 0.3) is 0 Å². The van der Waals surface area contributed by atoms with Crippen molar-refractivity contribution in [3.63, 3.8) is 0 Å². The maximum Gasteiger partial charge on any atom is 0.230 e. The Hall–Kier alpha value is -0.940. The number of nitrogens with two attached hydrogens (primary N) is 1. The number of nitrogens with one attached hydrogen (secondary N) is 1. The van der Waals surface area contributed by atoms with Crippen LogP contribution in [0.2, 0.25) is 0 Å². The first kappa shape index (κ1) is 15.4. The van der Waals surface area contributed by atoms with Crippen molar-refractivity contribution >= 4 is 44.7 Å². The molecule has 0 unspecified atom stereocenters. The Bertz CT molecular complexity index is 539. The Morgan fingerprint density at radius 2 is 2.00 bits per heavy atom. The van der Waals surface area contributed by atoms with E-state index in [2.05, 4.69) is 28.2 Å². The minimum absolute atomic E-state index is 0.0981. The van der Waals surface area contributed by atoms with Gasteiger partial charge in [0.1, 0.15) is 4.99 Å². The molecule has 0 heterocycles. The number of thiocarbonyl (C=S) groups is 1. The summed E-state index contributed by atoms with van der Waals surface area (Å²) in [7, 11) is 0. The van der Waals surface area contributed by atoms with E-state index >= 15 is 0 Å². The molecule has 1 aromatic rings. The molecule has 1 aliphatic carbocycles. The first-order valence-corrected chi connectivity index (χ1v) is 8.03. The number of carbonyl (C=O) groups excluding carboxylic acids is 1. The van der Waals surface area contributed by atoms with E-state index in [0.717, 1.165) is 41.4 Å². The zero-order chi connectivity index (χ0) is 14.8. The molecule has 0 aromatic heterocycles. The van der Waals surface area contributed by atoms with E-state index in [0.29, 0.717) is 4.99 Å². The lowest BCUT2D eigenvalue weighted by Gasteiger charge is -2.32. The molecule has 2 rings (SSSR count). The Labute approximate surface area is 133 Å². The minimum atomic E-state index is -0.250. The molecule has 0 aliphatic heterocycles. The molecular formula is C15H19BrN2OS. The van der Waals surface area contributed by atoms with E-state index in [-0.39, 0.29) is 11.3 Å². The molecular weight excluding hydrogens is 336 g/mol. The summed E-state index contributed by atoms with van der Waals surface area (Å²) in [5.74, 6) is 0.0981. The molecule has 20 heavy (non-hydrogen) atoms. The van der Waals surface area contributed by atoms with Crippen LogP contribution in [0.3, 0.4) is 0 Å². The van der Waals surface area contributed by atoms with Crippen molar-refractivity contribution in [1.82, 2.24) is 0 Å². The number of benzene rings is 1. The van der Waals surface area contributed by atoms with Crippen LogP contribution in [0.25, 0.3) is 0 Å². The molecule has 1 fully saturated rings. The van der Waals surface area contributed by atoms with Gasteiger partial charge in [0.05, 0.1) is 5.69 Å². The van der Waals surface area contributed by atoms with Gasteiger partial charge in [-0.3, -0.25) is 4.79 Å². The molecule has 3 nitrogen and oxygen atoms in total. The summed E-state index contributed by atoms with van der Waals surface area (Å²) >= 11 is 8.40. The van der Waals surface area contributed by atoms with Crippen molar-refractivity contribution in [3.05, 3.63) is 28.2 Å². The number of carbonyl (C=O) groups is 1. The van der Waals surface area contributed by atoms with Gasteiger partial charge in [-0.05, 0) is 47.0 Å². The summed E-state index contributed by atoms with van der Waals surface area (Å²) in [4.78, 5) is 12.8. The molecule has 1 aromatic carbocycles. The molecule has 3 N–H and O–H groups in total. The second kappa shape index (κ2) is 6.22. The van der Waals surface area contributed by atoms with Crippen molar-refractivity contribution in [3.8, 4) is 0 Å². The van der Waals surface area contributed by atoms with Crippen LogP contribution in [-0.2, 0) is 4.79 Å². The highest BCUT2D eigenvalue weighted by molar-refractivity contribution is 9.10. The predicted molar refractivity (Wildman–Crippen MR) is 89.9 cm³/mol. The maximum atomic E-state index is 12.5. The number of anilines is 1. The number of rotatable bonds is 3. The lowest BCUT2D eigenvalue weighted by atomic mass is 9.75. The fourth-order valence-corrected chi connectivity index (χ4v) is 3.21. The molecule has 0 bridgehead atoms. The summed E-state index contributed by atoms with van der Waals surface area (Å²) in [6, 6.07) is 5.50. The average molecular weight is 355 g/mol. The maximum absolute atomic E-state index is 12.5. The van der Waals surface area contributed by atoms with Crippen molar-refractivity contribution in [2.75, 3.05) is 5.32 Å². The molecule has 1 aliphatic rings. The van der Waals surface area contributed by atoms with Crippen LogP contribution in [0.4, 0.5) is 5.69 Å². The summed E-state index contributed by atoms with van der Waals surface area (Å²) < 4.78 is 0.801. The van der Waals surface area contributed by atoms with Crippen LogP contribution in [0.5, 0.6) is 0 Å². The van der Waals surface area contributed by atoms with Gasteiger partial charge >= 0.3 is 0 Å². The quantitative estimate of drug-likeness (QED) is 0.806. The first-order chi connectivity index (χ1) is 9.42. The molecule has 0 saturated heterocycles. The topological polar surface area (TPSA) is 55.1 Å². The fraction of sp³-hybridized carbons (Fsp3) is 0.467. The average Bonchev–Trinajstić information content (AvgIpc) is 2.41. The van der Waals surface area contributed by atoms with Gasteiger partial charge in [-0.1, -0.05) is 38.4 Å². The Kier molecular flexibility index (Phi) is 4.81. The Balaban J connectivity index is 2.13. The number of hydrogen-bond acceptors (Lipinski definition) is 2. The van der Waals surface area contributed by atoms with E-state index in [9.17, 15) is 4.79 Å². The zero-order valence-corrected chi connectivity index (χ0v) is 13.9. The molecule has 5 heteroatoms. The van der Waals surface area contributed by atoms with Gasteiger partial charge in [0, 0.05) is 15.5 Å². The number of halogens is 1. The van der Waals surface area contributed by atoms with Crippen LogP contribution < -0.4 is 11.1 Å². The highest BCUT2D eigenvalue weighted by Gasteiger charge is 2.34. The van der Waals surface area contributed by atoms with Crippen molar-refractivity contribution in [2.24, 2.45) is 11.1 Å². The number of hydrogen-bond donors (Lipinski definition) is 2. The highest BCUT2D eigenvalue weighted by atomic mass is 79.9. The van der Waals surface area contributed by atoms with Gasteiger partial charge in [-0.2, -0.15) is 0 Å². The van der Waals surface area contributed by atoms with Gasteiger partial charge in [-0.15, -0.1) is 0 Å². The monoisotopic (exact) mass is 354 g/mol. The molecule has 1 amide bonds. The van der Waals surface area contributed by atoms with Crippen molar-refractivity contribution in [1.29, 1.82) is 0 Å². The van der Waals surface area contributed by atoms with Crippen LogP contribution in [0, 0.1) is 5.41 Å². The van der Waals surface area contributed by atoms with E-state index < -0.39 is 0 Å². The molecule has 0 radical (unpaired) electrons. The lowest BCUT2D eigenvalue weighted by Crippen LogP contribution is -2.35. The molecule has 0 spiro atoms. The zero-order valence-electron chi connectivity index (χ0n) is 11.5. The Morgan fingerprint density at radius 3 is 2.55 bits per heavy atom. The first-order valence-electron chi connectivity index (χ1n) is 6.83. The third-order valence-corrected chi connectivity index (χ3v) is 4.90. The van der Waals surface area contributed by atoms with E-state index in [1.165, 1.54) is 6.42 Å². The molecule has 0 atom stereocenters. The van der Waals surface area contributed by atoms with Crippen LogP contribution in [0.15, 0.2) is 22.7 Å². The third kappa shape index (κ3) is 3.38. The van der Waals surface area contributed by atoms with Gasteiger partial charge in [0.2, 0.25) is 5.91 Å². The van der Waals surface area contributed by atoms with Crippen molar-refractivity contribution < 1.29 is 4.79 Å². The lowest BCUT2D eigenvalue weighted by molar-refractivity contribution is -0.126. The third-order valence-electron chi connectivity index (χ3n) is 4.01. The minimum Gasteiger partial charge on any atom is -0.389 e. The van der Waals surface area contributed by atoms with Gasteiger partial charge in [-0.25, -0.2) is 0 Å². The van der Waals surface area contributed by atoms with Crippen LogP contribution in [0.1, 0.15) is 44.6 Å². The SMILES string of the molecule is CC1(C(=O)Nc2ccc(C(N)=S)cc2Br)CCCCC1. The second-order valence-corrected chi connectivity index (χ2v) is 6.93. The smallest absolute Gasteiger partial charge is 0.230 e.